The molecule has 0 amide bonds. The Kier molecular flexibility index (Phi) is 6.16. The molecule has 1 heterocycles. The first-order chi connectivity index (χ1) is 21.3. The molecule has 0 fully saturated rings. The molecule has 0 aliphatic carbocycles. The monoisotopic (exact) mass is 548 g/mol. The van der Waals surface area contributed by atoms with E-state index in [9.17, 15) is 0 Å². The SMILES string of the molecule is c1ccc(-c2cccc(N(c3ccccn3)c3c4ccccc4c(-c4ccc5ccccc5c4)c4ccccc34)c2)cc1. The van der Waals surface area contributed by atoms with E-state index in [1.54, 1.807) is 0 Å². The first kappa shape index (κ1) is 25.0. The number of hydrogen-bond donors (Lipinski definition) is 0. The van der Waals surface area contributed by atoms with Gasteiger partial charge < -0.3 is 0 Å². The molecule has 7 aromatic carbocycles. The lowest BCUT2D eigenvalue weighted by Crippen LogP contribution is -2.13. The third-order valence-corrected chi connectivity index (χ3v) is 8.25. The summed E-state index contributed by atoms with van der Waals surface area (Å²) in [4.78, 5) is 7.21. The maximum atomic E-state index is 4.89. The molecule has 0 saturated carbocycles. The van der Waals surface area contributed by atoms with Crippen LogP contribution >= 0.6 is 0 Å². The van der Waals surface area contributed by atoms with Gasteiger partial charge in [0.1, 0.15) is 5.82 Å². The predicted octanol–water partition coefficient (Wildman–Crippen LogP) is 11.3. The summed E-state index contributed by atoms with van der Waals surface area (Å²) < 4.78 is 0. The Morgan fingerprint density at radius 1 is 0.395 bits per heavy atom. The fourth-order valence-electron chi connectivity index (χ4n) is 6.32. The Balaban J connectivity index is 1.45. The number of anilines is 3. The number of nitrogens with zero attached hydrogens (tertiary/aromatic N) is 2. The predicted molar refractivity (Wildman–Crippen MR) is 182 cm³/mol. The van der Waals surface area contributed by atoms with E-state index in [0.29, 0.717) is 0 Å². The lowest BCUT2D eigenvalue weighted by Gasteiger charge is -2.29. The van der Waals surface area contributed by atoms with Gasteiger partial charge in [-0.25, -0.2) is 4.98 Å². The van der Waals surface area contributed by atoms with E-state index < -0.39 is 0 Å². The number of hydrogen-bond acceptors (Lipinski definition) is 2. The van der Waals surface area contributed by atoms with Gasteiger partial charge in [0.25, 0.3) is 0 Å². The van der Waals surface area contributed by atoms with Gasteiger partial charge >= 0.3 is 0 Å². The first-order valence-corrected chi connectivity index (χ1v) is 14.6. The summed E-state index contributed by atoms with van der Waals surface area (Å²) in [6.45, 7) is 0. The summed E-state index contributed by atoms with van der Waals surface area (Å²) >= 11 is 0. The Labute approximate surface area is 251 Å². The molecule has 1 aromatic heterocycles. The maximum Gasteiger partial charge on any atom is 0.137 e. The largest absolute Gasteiger partial charge is 0.294 e. The number of aromatic nitrogens is 1. The minimum Gasteiger partial charge on any atom is -0.294 e. The molecule has 0 bridgehead atoms. The highest BCUT2D eigenvalue weighted by molar-refractivity contribution is 6.22. The van der Waals surface area contributed by atoms with Gasteiger partial charge in [-0.3, -0.25) is 4.90 Å². The number of benzene rings is 7. The number of rotatable bonds is 5. The average molecular weight is 549 g/mol. The number of fused-ring (bicyclic) bond motifs is 3. The minimum atomic E-state index is 0.876. The van der Waals surface area contributed by atoms with Crippen LogP contribution in [0.3, 0.4) is 0 Å². The van der Waals surface area contributed by atoms with Gasteiger partial charge in [0.2, 0.25) is 0 Å². The normalized spacial score (nSPS) is 11.3. The van der Waals surface area contributed by atoms with Crippen LogP contribution in [0, 0.1) is 0 Å². The molecule has 8 rings (SSSR count). The van der Waals surface area contributed by atoms with Gasteiger partial charge in [-0.2, -0.15) is 0 Å². The van der Waals surface area contributed by atoms with Gasteiger partial charge in [0.15, 0.2) is 0 Å². The van der Waals surface area contributed by atoms with Crippen molar-refractivity contribution in [2.24, 2.45) is 0 Å². The zero-order valence-electron chi connectivity index (χ0n) is 23.6. The topological polar surface area (TPSA) is 16.1 Å². The van der Waals surface area contributed by atoms with Crippen molar-refractivity contribution in [2.75, 3.05) is 4.90 Å². The Bertz CT molecular complexity index is 2180. The second-order valence-corrected chi connectivity index (χ2v) is 10.8. The van der Waals surface area contributed by atoms with Crippen molar-refractivity contribution in [1.82, 2.24) is 4.98 Å². The second-order valence-electron chi connectivity index (χ2n) is 10.8. The summed E-state index contributed by atoms with van der Waals surface area (Å²) in [5.74, 6) is 0.876. The van der Waals surface area contributed by atoms with Crippen LogP contribution in [0.15, 0.2) is 170 Å². The van der Waals surface area contributed by atoms with Gasteiger partial charge in [-0.1, -0.05) is 133 Å². The summed E-state index contributed by atoms with van der Waals surface area (Å²) in [6, 6.07) is 58.4. The summed E-state index contributed by atoms with van der Waals surface area (Å²) in [5.41, 5.74) is 7.01. The van der Waals surface area contributed by atoms with Crippen LogP contribution in [0.4, 0.5) is 17.2 Å². The third-order valence-electron chi connectivity index (χ3n) is 8.25. The molecule has 2 heteroatoms. The summed E-state index contributed by atoms with van der Waals surface area (Å²) in [6.07, 6.45) is 1.87. The molecule has 0 saturated heterocycles. The lowest BCUT2D eigenvalue weighted by atomic mass is 9.89. The van der Waals surface area contributed by atoms with Gasteiger partial charge in [0, 0.05) is 22.7 Å². The van der Waals surface area contributed by atoms with Crippen LogP contribution in [0.25, 0.3) is 54.6 Å². The van der Waals surface area contributed by atoms with E-state index in [0.717, 1.165) is 17.2 Å². The van der Waals surface area contributed by atoms with Crippen molar-refractivity contribution in [1.29, 1.82) is 0 Å². The van der Waals surface area contributed by atoms with Crippen LogP contribution in [0.1, 0.15) is 0 Å². The molecule has 2 nitrogen and oxygen atoms in total. The van der Waals surface area contributed by atoms with Crippen molar-refractivity contribution < 1.29 is 0 Å². The van der Waals surface area contributed by atoms with E-state index in [-0.39, 0.29) is 0 Å². The maximum absolute atomic E-state index is 4.89. The minimum absolute atomic E-state index is 0.876. The van der Waals surface area contributed by atoms with Crippen molar-refractivity contribution >= 4 is 49.5 Å². The van der Waals surface area contributed by atoms with Gasteiger partial charge in [-0.05, 0) is 74.1 Å². The second kappa shape index (κ2) is 10.6. The molecule has 0 N–H and O–H groups in total. The van der Waals surface area contributed by atoms with E-state index >= 15 is 0 Å². The molecule has 43 heavy (non-hydrogen) atoms. The van der Waals surface area contributed by atoms with Gasteiger partial charge in [0.05, 0.1) is 5.69 Å². The smallest absolute Gasteiger partial charge is 0.137 e. The Hall–Kier alpha value is -5.73. The molecule has 0 radical (unpaired) electrons. The van der Waals surface area contributed by atoms with E-state index in [2.05, 4.69) is 163 Å². The van der Waals surface area contributed by atoms with Crippen molar-refractivity contribution in [3.8, 4) is 22.3 Å². The summed E-state index contributed by atoms with van der Waals surface area (Å²) in [7, 11) is 0. The molecule has 0 aliphatic heterocycles. The molecule has 202 valence electrons. The van der Waals surface area contributed by atoms with E-state index in [1.165, 1.54) is 54.6 Å². The van der Waals surface area contributed by atoms with Crippen molar-refractivity contribution in [3.05, 3.63) is 170 Å². The van der Waals surface area contributed by atoms with E-state index in [4.69, 9.17) is 4.98 Å². The zero-order chi connectivity index (χ0) is 28.6. The lowest BCUT2D eigenvalue weighted by molar-refractivity contribution is 1.19. The summed E-state index contributed by atoms with van der Waals surface area (Å²) in [5, 5.41) is 7.28. The Morgan fingerprint density at radius 3 is 1.74 bits per heavy atom. The highest BCUT2D eigenvalue weighted by Gasteiger charge is 2.23. The Morgan fingerprint density at radius 2 is 1.02 bits per heavy atom. The highest BCUT2D eigenvalue weighted by atomic mass is 15.2. The van der Waals surface area contributed by atoms with E-state index in [1.807, 2.05) is 12.3 Å². The molecule has 0 atom stereocenters. The molecule has 0 unspecified atom stereocenters. The van der Waals surface area contributed by atoms with Crippen LogP contribution in [0.2, 0.25) is 0 Å². The molecular formula is C41H28N2. The van der Waals surface area contributed by atoms with Crippen LogP contribution in [-0.4, -0.2) is 4.98 Å². The first-order valence-electron chi connectivity index (χ1n) is 14.6. The number of pyridine rings is 1. The zero-order valence-corrected chi connectivity index (χ0v) is 23.6. The molecular weight excluding hydrogens is 520 g/mol. The molecule has 0 aliphatic rings. The fourth-order valence-corrected chi connectivity index (χ4v) is 6.32. The molecule has 0 spiro atoms. The van der Waals surface area contributed by atoms with Crippen LogP contribution in [-0.2, 0) is 0 Å². The molecule has 8 aromatic rings. The van der Waals surface area contributed by atoms with Crippen LogP contribution < -0.4 is 4.90 Å². The van der Waals surface area contributed by atoms with Crippen molar-refractivity contribution in [3.63, 3.8) is 0 Å². The quantitative estimate of drug-likeness (QED) is 0.199. The van der Waals surface area contributed by atoms with Crippen molar-refractivity contribution in [2.45, 2.75) is 0 Å². The standard InChI is InChI=1S/C41H28N2/c1-2-13-29(14-3-1)32-17-12-18-34(28-32)43(39-23-10-11-26-42-39)41-37-21-8-6-19-35(37)40(36-20-7-9-22-38(36)41)33-25-24-30-15-4-5-16-31(30)27-33/h1-28H. The third kappa shape index (κ3) is 4.41. The highest BCUT2D eigenvalue weighted by Crippen LogP contribution is 2.48. The van der Waals surface area contributed by atoms with Crippen LogP contribution in [0.5, 0.6) is 0 Å². The average Bonchev–Trinajstić information content (AvgIpc) is 3.09. The fraction of sp³-hybridized carbons (Fsp3) is 0. The van der Waals surface area contributed by atoms with Gasteiger partial charge in [-0.15, -0.1) is 0 Å².